The molecule has 1 aliphatic rings. The molecule has 64 valence electrons. The fraction of sp³-hybridized carbons (Fsp3) is 0.667. The average Bonchev–Trinajstić information content (AvgIpc) is 2.44. The van der Waals surface area contributed by atoms with Crippen molar-refractivity contribution >= 4 is 7.82 Å². The minimum atomic E-state index is -4.28. The van der Waals surface area contributed by atoms with E-state index in [1.54, 1.807) is 0 Å². The van der Waals surface area contributed by atoms with Gasteiger partial charge in [0.15, 0.2) is 0 Å². The van der Waals surface area contributed by atoms with E-state index in [1.807, 2.05) is 6.92 Å². The first-order valence-electron chi connectivity index (χ1n) is 3.49. The van der Waals surface area contributed by atoms with Gasteiger partial charge >= 0.3 is 7.82 Å². The van der Waals surface area contributed by atoms with Crippen LogP contribution in [0.1, 0.15) is 26.2 Å². The van der Waals surface area contributed by atoms with Crippen molar-refractivity contribution in [3.05, 3.63) is 11.3 Å². The molecular weight excluding hydrogens is 167 g/mol. The summed E-state index contributed by atoms with van der Waals surface area (Å²) in [6, 6.07) is 0. The van der Waals surface area contributed by atoms with Crippen LogP contribution in [0.25, 0.3) is 0 Å². The van der Waals surface area contributed by atoms with Crippen molar-refractivity contribution in [3.8, 4) is 0 Å². The number of hydrogen-bond donors (Lipinski definition) is 2. The molecule has 0 aromatic carbocycles. The molecular formula is C6H11O4P. The summed E-state index contributed by atoms with van der Waals surface area (Å²) in [6.45, 7) is 2.01. The van der Waals surface area contributed by atoms with Crippen LogP contribution in [0, 0.1) is 0 Å². The van der Waals surface area contributed by atoms with Gasteiger partial charge in [0, 0.05) is 6.42 Å². The molecule has 0 aromatic rings. The van der Waals surface area contributed by atoms with Crippen LogP contribution in [0.4, 0.5) is 0 Å². The van der Waals surface area contributed by atoms with Crippen molar-refractivity contribution in [2.45, 2.75) is 26.2 Å². The van der Waals surface area contributed by atoms with Gasteiger partial charge in [0.25, 0.3) is 0 Å². The third-order valence-corrected chi connectivity index (χ3v) is 1.88. The zero-order valence-electron chi connectivity index (χ0n) is 6.28. The average molecular weight is 178 g/mol. The Bertz CT molecular complexity index is 227. The zero-order valence-corrected chi connectivity index (χ0v) is 7.17. The minimum absolute atomic E-state index is 0.486. The first-order chi connectivity index (χ1) is 5.03. The maximum Gasteiger partial charge on any atom is 0.524 e. The SMILES string of the molecule is CCCC1=C(OP(=O)(O)O)C1. The lowest BCUT2D eigenvalue weighted by Crippen LogP contribution is -1.79. The van der Waals surface area contributed by atoms with Crippen LogP contribution in [0.3, 0.4) is 0 Å². The summed E-state index contributed by atoms with van der Waals surface area (Å²) in [5, 5.41) is 0. The zero-order chi connectivity index (χ0) is 8.48. The Balaban J connectivity index is 2.37. The normalized spacial score (nSPS) is 17.0. The maximum absolute atomic E-state index is 10.3. The molecule has 1 aliphatic carbocycles. The second-order valence-electron chi connectivity index (χ2n) is 2.54. The second kappa shape index (κ2) is 2.97. The van der Waals surface area contributed by atoms with Crippen LogP contribution in [0.15, 0.2) is 11.3 Å². The summed E-state index contributed by atoms with van der Waals surface area (Å²) in [5.74, 6) is 0.486. The molecule has 0 bridgehead atoms. The van der Waals surface area contributed by atoms with Gasteiger partial charge < -0.3 is 4.52 Å². The van der Waals surface area contributed by atoms with Crippen molar-refractivity contribution in [1.29, 1.82) is 0 Å². The lowest BCUT2D eigenvalue weighted by molar-refractivity contribution is 0.248. The Kier molecular flexibility index (Phi) is 2.37. The molecule has 2 N–H and O–H groups in total. The van der Waals surface area contributed by atoms with Gasteiger partial charge in [0.2, 0.25) is 0 Å². The van der Waals surface area contributed by atoms with E-state index in [-0.39, 0.29) is 0 Å². The summed E-state index contributed by atoms with van der Waals surface area (Å²) >= 11 is 0. The Morgan fingerprint density at radius 3 is 2.73 bits per heavy atom. The molecule has 4 nitrogen and oxygen atoms in total. The lowest BCUT2D eigenvalue weighted by atomic mass is 10.3. The molecule has 0 saturated heterocycles. The van der Waals surface area contributed by atoms with Gasteiger partial charge in [0.1, 0.15) is 5.76 Å². The summed E-state index contributed by atoms with van der Waals surface area (Å²) < 4.78 is 14.6. The van der Waals surface area contributed by atoms with E-state index in [1.165, 1.54) is 0 Å². The molecule has 0 fully saturated rings. The fourth-order valence-electron chi connectivity index (χ4n) is 0.920. The molecule has 0 aliphatic heterocycles. The number of rotatable bonds is 4. The maximum atomic E-state index is 10.3. The molecule has 1 rings (SSSR count). The van der Waals surface area contributed by atoms with Crippen LogP contribution in [0.5, 0.6) is 0 Å². The van der Waals surface area contributed by atoms with Crippen LogP contribution >= 0.6 is 7.82 Å². The highest BCUT2D eigenvalue weighted by molar-refractivity contribution is 7.46. The monoisotopic (exact) mass is 178 g/mol. The van der Waals surface area contributed by atoms with Gasteiger partial charge in [-0.3, -0.25) is 9.79 Å². The van der Waals surface area contributed by atoms with E-state index in [0.29, 0.717) is 12.2 Å². The topological polar surface area (TPSA) is 66.8 Å². The third-order valence-electron chi connectivity index (χ3n) is 1.42. The van der Waals surface area contributed by atoms with Gasteiger partial charge in [-0.25, -0.2) is 4.57 Å². The van der Waals surface area contributed by atoms with E-state index in [9.17, 15) is 4.57 Å². The Hall–Kier alpha value is -0.310. The van der Waals surface area contributed by atoms with Crippen molar-refractivity contribution in [1.82, 2.24) is 0 Å². The Labute approximate surface area is 65.1 Å². The van der Waals surface area contributed by atoms with Gasteiger partial charge in [-0.05, 0) is 12.0 Å². The van der Waals surface area contributed by atoms with Crippen molar-refractivity contribution in [2.75, 3.05) is 0 Å². The van der Waals surface area contributed by atoms with Gasteiger partial charge in [0.05, 0.1) is 0 Å². The predicted molar refractivity (Wildman–Crippen MR) is 39.7 cm³/mol. The van der Waals surface area contributed by atoms with Crippen molar-refractivity contribution < 1.29 is 18.9 Å². The van der Waals surface area contributed by atoms with Gasteiger partial charge in [-0.1, -0.05) is 13.3 Å². The van der Waals surface area contributed by atoms with E-state index in [2.05, 4.69) is 4.52 Å². The summed E-state index contributed by atoms with van der Waals surface area (Å²) in [5.41, 5.74) is 1.04. The van der Waals surface area contributed by atoms with Crippen LogP contribution in [-0.4, -0.2) is 9.79 Å². The molecule has 11 heavy (non-hydrogen) atoms. The second-order valence-corrected chi connectivity index (χ2v) is 3.70. The highest BCUT2D eigenvalue weighted by Crippen LogP contribution is 2.48. The molecule has 0 saturated carbocycles. The standard InChI is InChI=1S/C6H11O4P/c1-2-3-5-4-6(5)10-11(7,8)9/h2-4H2,1H3,(H2,7,8,9). The van der Waals surface area contributed by atoms with Crippen molar-refractivity contribution in [2.24, 2.45) is 0 Å². The summed E-state index contributed by atoms with van der Waals surface area (Å²) in [6.07, 6.45) is 2.51. The van der Waals surface area contributed by atoms with E-state index >= 15 is 0 Å². The molecule has 0 radical (unpaired) electrons. The first-order valence-corrected chi connectivity index (χ1v) is 5.02. The number of phosphoric ester groups is 1. The lowest BCUT2D eigenvalue weighted by Gasteiger charge is -1.99. The molecule has 0 amide bonds. The molecule has 0 atom stereocenters. The van der Waals surface area contributed by atoms with E-state index < -0.39 is 7.82 Å². The minimum Gasteiger partial charge on any atom is -0.408 e. The highest BCUT2D eigenvalue weighted by Gasteiger charge is 2.29. The fourth-order valence-corrected chi connectivity index (χ4v) is 1.40. The van der Waals surface area contributed by atoms with Gasteiger partial charge in [-0.2, -0.15) is 0 Å². The first kappa shape index (κ1) is 8.78. The quantitative estimate of drug-likeness (QED) is 0.641. The summed E-state index contributed by atoms with van der Waals surface area (Å²) in [7, 11) is -4.28. The van der Waals surface area contributed by atoms with E-state index in [4.69, 9.17) is 9.79 Å². The molecule has 5 heteroatoms. The van der Waals surface area contributed by atoms with Crippen molar-refractivity contribution in [3.63, 3.8) is 0 Å². The van der Waals surface area contributed by atoms with Crippen LogP contribution in [-0.2, 0) is 9.09 Å². The Morgan fingerprint density at radius 2 is 2.27 bits per heavy atom. The molecule has 0 unspecified atom stereocenters. The number of allylic oxidation sites excluding steroid dienone is 2. The van der Waals surface area contributed by atoms with Gasteiger partial charge in [-0.15, -0.1) is 0 Å². The molecule has 0 spiro atoms. The van der Waals surface area contributed by atoms with E-state index in [0.717, 1.165) is 18.4 Å². The predicted octanol–water partition coefficient (Wildman–Crippen LogP) is 1.55. The summed E-state index contributed by atoms with van der Waals surface area (Å²) in [4.78, 5) is 16.7. The molecule has 0 heterocycles. The third kappa shape index (κ3) is 3.06. The number of hydrogen-bond acceptors (Lipinski definition) is 2. The highest BCUT2D eigenvalue weighted by atomic mass is 31.2. The van der Waals surface area contributed by atoms with Crippen LogP contribution in [0.2, 0.25) is 0 Å². The number of phosphoric acid groups is 1. The van der Waals surface area contributed by atoms with Crippen LogP contribution < -0.4 is 0 Å². The largest absolute Gasteiger partial charge is 0.524 e. The smallest absolute Gasteiger partial charge is 0.408 e. The molecule has 0 aromatic heterocycles. The Morgan fingerprint density at radius 1 is 1.64 bits per heavy atom.